The molecule has 0 spiro atoms. The Labute approximate surface area is 215 Å². The highest BCUT2D eigenvalue weighted by molar-refractivity contribution is 6.33. The Hall–Kier alpha value is -2.90. The van der Waals surface area contributed by atoms with E-state index in [2.05, 4.69) is 40.5 Å². The fourth-order valence-corrected chi connectivity index (χ4v) is 6.46. The van der Waals surface area contributed by atoms with Gasteiger partial charge in [-0.15, -0.1) is 0 Å². The second-order valence-corrected chi connectivity index (χ2v) is 10.8. The van der Waals surface area contributed by atoms with Crippen LogP contribution in [-0.4, -0.2) is 58.8 Å². The van der Waals surface area contributed by atoms with Gasteiger partial charge in [-0.1, -0.05) is 48.4 Å². The number of benzene rings is 2. The molecule has 3 heterocycles. The van der Waals surface area contributed by atoms with E-state index in [1.165, 1.54) is 16.9 Å². The predicted molar refractivity (Wildman–Crippen MR) is 135 cm³/mol. The van der Waals surface area contributed by atoms with E-state index in [4.69, 9.17) is 16.3 Å². The van der Waals surface area contributed by atoms with Crippen LogP contribution in [0.1, 0.15) is 65.9 Å². The zero-order valence-corrected chi connectivity index (χ0v) is 20.9. The van der Waals surface area contributed by atoms with Crippen LogP contribution < -0.4 is 10.1 Å². The highest BCUT2D eigenvalue weighted by Crippen LogP contribution is 2.40. The number of carbonyl (C=O) groups excluding carboxylic acids is 3. The molecule has 1 N–H and O–H groups in total. The number of ether oxygens (including phenoxy) is 1. The molecule has 1 aliphatic carbocycles. The minimum Gasteiger partial charge on any atom is -0.487 e. The third-order valence-electron chi connectivity index (χ3n) is 8.21. The van der Waals surface area contributed by atoms with Crippen LogP contribution in [0.4, 0.5) is 0 Å². The van der Waals surface area contributed by atoms with Crippen molar-refractivity contribution in [2.45, 2.75) is 69.2 Å². The molecule has 3 atom stereocenters. The van der Waals surface area contributed by atoms with E-state index in [1.807, 2.05) is 0 Å². The first kappa shape index (κ1) is 23.5. The summed E-state index contributed by atoms with van der Waals surface area (Å²) in [5.74, 6) is 0.227. The summed E-state index contributed by atoms with van der Waals surface area (Å²) < 4.78 is 6.55. The molecule has 1 saturated carbocycles. The Bertz CT molecular complexity index is 1200. The van der Waals surface area contributed by atoms with Gasteiger partial charge in [0.2, 0.25) is 11.8 Å². The number of nitrogens with one attached hydrogen (secondary N) is 1. The molecule has 3 aliphatic heterocycles. The molecule has 3 fully saturated rings. The lowest BCUT2D eigenvalue weighted by Gasteiger charge is -2.48. The van der Waals surface area contributed by atoms with Gasteiger partial charge in [-0.25, -0.2) is 0 Å². The molecule has 6 rings (SSSR count). The third-order valence-corrected chi connectivity index (χ3v) is 8.62. The zero-order chi connectivity index (χ0) is 24.8. The number of rotatable bonds is 5. The van der Waals surface area contributed by atoms with E-state index in [0.29, 0.717) is 40.3 Å². The second-order valence-electron chi connectivity index (χ2n) is 10.4. The van der Waals surface area contributed by atoms with Crippen LogP contribution >= 0.6 is 11.6 Å². The number of hydrogen-bond donors (Lipinski definition) is 1. The van der Waals surface area contributed by atoms with Gasteiger partial charge >= 0.3 is 0 Å². The summed E-state index contributed by atoms with van der Waals surface area (Å²) in [6.45, 7) is 2.33. The van der Waals surface area contributed by atoms with E-state index in [1.54, 1.807) is 12.1 Å². The molecule has 4 aliphatic rings. The van der Waals surface area contributed by atoms with Crippen LogP contribution in [0.2, 0.25) is 5.02 Å². The lowest BCUT2D eigenvalue weighted by atomic mass is 9.84. The number of fused-ring (bicyclic) bond motifs is 1. The first-order valence-electron chi connectivity index (χ1n) is 12.9. The van der Waals surface area contributed by atoms with Crippen molar-refractivity contribution in [1.82, 2.24) is 15.1 Å². The number of carbonyl (C=O) groups is 3. The summed E-state index contributed by atoms with van der Waals surface area (Å²) in [6, 6.07) is 13.9. The number of halogens is 1. The molecule has 188 valence electrons. The second kappa shape index (κ2) is 9.52. The fourth-order valence-electron chi connectivity index (χ4n) is 6.19. The van der Waals surface area contributed by atoms with Gasteiger partial charge in [0.05, 0.1) is 5.02 Å². The quantitative estimate of drug-likeness (QED) is 0.621. The maximum atomic E-state index is 13.1. The Kier molecular flexibility index (Phi) is 6.21. The van der Waals surface area contributed by atoms with Crippen LogP contribution in [-0.2, 0) is 16.1 Å². The smallest absolute Gasteiger partial charge is 0.255 e. The molecular weight excluding hydrogens is 478 g/mol. The maximum Gasteiger partial charge on any atom is 0.255 e. The SMILES string of the molecule is O=C1CCC(N2Cc3c(ccc(O[C@H]4CCCC[C@@H]4N4CC(c5ccccc5)C4)c3Cl)C2=O)C(=O)N1. The van der Waals surface area contributed by atoms with Crippen LogP contribution in [0, 0.1) is 0 Å². The third kappa shape index (κ3) is 4.18. The molecule has 7 nitrogen and oxygen atoms in total. The molecule has 2 aromatic rings. The Morgan fingerprint density at radius 1 is 0.944 bits per heavy atom. The van der Waals surface area contributed by atoms with Crippen molar-refractivity contribution in [1.29, 1.82) is 0 Å². The van der Waals surface area contributed by atoms with Gasteiger partial charge in [-0.2, -0.15) is 0 Å². The van der Waals surface area contributed by atoms with Crippen molar-refractivity contribution in [3.63, 3.8) is 0 Å². The summed E-state index contributed by atoms with van der Waals surface area (Å²) in [5.41, 5.74) is 2.60. The van der Waals surface area contributed by atoms with E-state index in [9.17, 15) is 14.4 Å². The van der Waals surface area contributed by atoms with Gasteiger partial charge < -0.3 is 9.64 Å². The average molecular weight is 508 g/mol. The number of piperidine rings is 1. The van der Waals surface area contributed by atoms with Crippen molar-refractivity contribution >= 4 is 29.3 Å². The monoisotopic (exact) mass is 507 g/mol. The molecule has 8 heteroatoms. The maximum absolute atomic E-state index is 13.1. The van der Waals surface area contributed by atoms with E-state index in [-0.39, 0.29) is 30.9 Å². The molecule has 36 heavy (non-hydrogen) atoms. The zero-order valence-electron chi connectivity index (χ0n) is 20.1. The highest BCUT2D eigenvalue weighted by Gasteiger charge is 2.42. The highest BCUT2D eigenvalue weighted by atomic mass is 35.5. The van der Waals surface area contributed by atoms with Crippen LogP contribution in [0.15, 0.2) is 42.5 Å². The first-order chi connectivity index (χ1) is 17.5. The normalized spacial score (nSPS) is 27.0. The number of imide groups is 1. The molecule has 2 saturated heterocycles. The molecule has 3 amide bonds. The number of amides is 3. The predicted octanol–water partition coefficient (Wildman–Crippen LogP) is 3.89. The van der Waals surface area contributed by atoms with Crippen molar-refractivity contribution in [3.8, 4) is 5.75 Å². The van der Waals surface area contributed by atoms with E-state index < -0.39 is 11.9 Å². The molecular formula is C28H30ClN3O4. The number of nitrogens with zero attached hydrogens (tertiary/aromatic N) is 2. The van der Waals surface area contributed by atoms with Crippen molar-refractivity contribution in [3.05, 3.63) is 64.2 Å². The topological polar surface area (TPSA) is 79.0 Å². The van der Waals surface area contributed by atoms with Gasteiger partial charge in [0.15, 0.2) is 0 Å². The first-order valence-corrected chi connectivity index (χ1v) is 13.3. The molecule has 0 radical (unpaired) electrons. The fraction of sp³-hybridized carbons (Fsp3) is 0.464. The van der Waals surface area contributed by atoms with Crippen LogP contribution in [0.5, 0.6) is 5.75 Å². The van der Waals surface area contributed by atoms with Crippen molar-refractivity contribution in [2.24, 2.45) is 0 Å². The number of hydrogen-bond acceptors (Lipinski definition) is 5. The van der Waals surface area contributed by atoms with Crippen LogP contribution in [0.25, 0.3) is 0 Å². The van der Waals surface area contributed by atoms with E-state index >= 15 is 0 Å². The average Bonchev–Trinajstić information content (AvgIpc) is 3.18. The number of likely N-dealkylation sites (tertiary alicyclic amines) is 1. The van der Waals surface area contributed by atoms with Gasteiger partial charge in [0.1, 0.15) is 17.9 Å². The van der Waals surface area contributed by atoms with Crippen molar-refractivity contribution < 1.29 is 19.1 Å². The minimum absolute atomic E-state index is 0.0503. The van der Waals surface area contributed by atoms with E-state index in [0.717, 1.165) is 32.4 Å². The Morgan fingerprint density at radius 3 is 2.50 bits per heavy atom. The minimum atomic E-state index is -0.658. The lowest BCUT2D eigenvalue weighted by molar-refractivity contribution is -0.136. The summed E-state index contributed by atoms with van der Waals surface area (Å²) in [7, 11) is 0. The summed E-state index contributed by atoms with van der Waals surface area (Å²) >= 11 is 6.81. The molecule has 0 bridgehead atoms. The Morgan fingerprint density at radius 2 is 1.72 bits per heavy atom. The van der Waals surface area contributed by atoms with Gasteiger partial charge in [-0.3, -0.25) is 24.6 Å². The standard InChI is InChI=1S/C28H30ClN3O4/c29-26-20-16-32(22-11-13-25(33)30-27(22)34)28(35)19(20)10-12-24(26)36-23-9-5-4-8-21(23)31-14-18(15-31)17-6-2-1-3-7-17/h1-3,6-7,10,12,18,21-23H,4-5,8-9,11,13-16H2,(H,30,33,34)/t21-,22?,23-/m0/s1. The molecule has 1 unspecified atom stereocenters. The van der Waals surface area contributed by atoms with Gasteiger partial charge in [0.25, 0.3) is 5.91 Å². The van der Waals surface area contributed by atoms with Gasteiger partial charge in [-0.05, 0) is 43.4 Å². The molecule has 2 aromatic carbocycles. The summed E-state index contributed by atoms with van der Waals surface area (Å²) in [6.07, 6.45) is 5.02. The van der Waals surface area contributed by atoms with Crippen molar-refractivity contribution in [2.75, 3.05) is 13.1 Å². The lowest BCUT2D eigenvalue weighted by Crippen LogP contribution is -2.57. The molecule has 0 aromatic heterocycles. The largest absolute Gasteiger partial charge is 0.487 e. The summed E-state index contributed by atoms with van der Waals surface area (Å²) in [4.78, 5) is 41.0. The van der Waals surface area contributed by atoms with Gasteiger partial charge in [0, 0.05) is 49.1 Å². The summed E-state index contributed by atoms with van der Waals surface area (Å²) in [5, 5.41) is 2.79. The Balaban J connectivity index is 1.16. The van der Waals surface area contributed by atoms with Crippen LogP contribution in [0.3, 0.4) is 0 Å².